The number of para-hydroxylation sites is 2. The van der Waals surface area contributed by atoms with Gasteiger partial charge in [0, 0.05) is 22.0 Å². The van der Waals surface area contributed by atoms with Crippen molar-refractivity contribution in [2.75, 3.05) is 5.32 Å². The van der Waals surface area contributed by atoms with Crippen molar-refractivity contribution >= 4 is 54.9 Å². The van der Waals surface area contributed by atoms with E-state index in [9.17, 15) is 0 Å². The maximum Gasteiger partial charge on any atom is 0.158 e. The highest BCUT2D eigenvalue weighted by atomic mass is 16.3. The minimum absolute atomic E-state index is 0.562. The van der Waals surface area contributed by atoms with Crippen molar-refractivity contribution < 1.29 is 4.42 Å². The highest BCUT2D eigenvalue weighted by Gasteiger charge is 2.23. The lowest BCUT2D eigenvalue weighted by Crippen LogP contribution is -2.04. The van der Waals surface area contributed by atoms with Crippen molar-refractivity contribution in [2.24, 2.45) is 0 Å². The number of nitrogens with one attached hydrogen (secondary N) is 1. The zero-order valence-electron chi connectivity index (χ0n) is 22.5. The third-order valence-corrected chi connectivity index (χ3v) is 8.82. The van der Waals surface area contributed by atoms with Gasteiger partial charge in [-0.15, -0.1) is 0 Å². The molecule has 7 aromatic rings. The average Bonchev–Trinajstić information content (AvgIpc) is 3.42. The lowest BCUT2D eigenvalue weighted by molar-refractivity contribution is 0.442. The Morgan fingerprint density at radius 3 is 2.17 bits per heavy atom. The molecule has 0 spiro atoms. The topological polar surface area (TPSA) is 25.2 Å². The second kappa shape index (κ2) is 9.57. The maximum atomic E-state index is 6.89. The van der Waals surface area contributed by atoms with Gasteiger partial charge in [0.1, 0.15) is 5.58 Å². The fourth-order valence-electron chi connectivity index (χ4n) is 6.83. The quantitative estimate of drug-likeness (QED) is 0.251. The molecule has 0 atom stereocenters. The minimum Gasteiger partial charge on any atom is -0.454 e. The van der Waals surface area contributed by atoms with Gasteiger partial charge in [-0.1, -0.05) is 110 Å². The lowest BCUT2D eigenvalue weighted by Gasteiger charge is -2.22. The van der Waals surface area contributed by atoms with Gasteiger partial charge < -0.3 is 9.73 Å². The van der Waals surface area contributed by atoms with Crippen LogP contribution in [0, 0.1) is 0 Å². The van der Waals surface area contributed by atoms with Crippen molar-refractivity contribution in [1.82, 2.24) is 0 Å². The fraction of sp³-hybridized carbons (Fsp3) is 0.158. The van der Waals surface area contributed by atoms with Crippen LogP contribution in [0.3, 0.4) is 0 Å². The van der Waals surface area contributed by atoms with Crippen LogP contribution in [0.5, 0.6) is 0 Å². The second-order valence-electron chi connectivity index (χ2n) is 11.2. The highest BCUT2D eigenvalue weighted by Crippen LogP contribution is 2.45. The third-order valence-electron chi connectivity index (χ3n) is 8.82. The Balaban J connectivity index is 1.30. The Labute approximate surface area is 234 Å². The molecule has 194 valence electrons. The van der Waals surface area contributed by atoms with Crippen LogP contribution >= 0.6 is 0 Å². The summed E-state index contributed by atoms with van der Waals surface area (Å²) in [7, 11) is 0. The maximum absolute atomic E-state index is 6.89. The van der Waals surface area contributed by atoms with Crippen molar-refractivity contribution in [3.8, 4) is 11.1 Å². The van der Waals surface area contributed by atoms with Crippen LogP contribution in [0.2, 0.25) is 0 Å². The van der Waals surface area contributed by atoms with E-state index in [1.54, 1.807) is 0 Å². The van der Waals surface area contributed by atoms with Crippen molar-refractivity contribution in [1.29, 1.82) is 0 Å². The number of rotatable bonds is 4. The first-order valence-electron chi connectivity index (χ1n) is 14.6. The Bertz CT molecular complexity index is 2030. The van der Waals surface area contributed by atoms with E-state index in [1.165, 1.54) is 81.1 Å². The first-order chi connectivity index (χ1) is 19.8. The predicted octanol–water partition coefficient (Wildman–Crippen LogP) is 11.4. The SMILES string of the molecule is c1ccc(-c2ccc3ccccc3c2)c(Nc2cccc3c2oc2c(C4CCCCC4)cc4ccccc4c23)c1. The Morgan fingerprint density at radius 2 is 1.27 bits per heavy atom. The van der Waals surface area contributed by atoms with Crippen LogP contribution in [-0.4, -0.2) is 0 Å². The lowest BCUT2D eigenvalue weighted by atomic mass is 9.82. The number of fused-ring (bicyclic) bond motifs is 6. The molecule has 1 aliphatic rings. The molecule has 1 N–H and O–H groups in total. The van der Waals surface area contributed by atoms with Crippen molar-refractivity contribution in [3.63, 3.8) is 0 Å². The molecule has 1 saturated carbocycles. The van der Waals surface area contributed by atoms with E-state index in [0.29, 0.717) is 5.92 Å². The summed E-state index contributed by atoms with van der Waals surface area (Å²) in [5.74, 6) is 0.562. The highest BCUT2D eigenvalue weighted by molar-refractivity contribution is 6.21. The van der Waals surface area contributed by atoms with Gasteiger partial charge in [-0.2, -0.15) is 0 Å². The van der Waals surface area contributed by atoms with Crippen LogP contribution in [-0.2, 0) is 0 Å². The second-order valence-corrected chi connectivity index (χ2v) is 11.2. The molecule has 2 heteroatoms. The summed E-state index contributed by atoms with van der Waals surface area (Å²) in [6.07, 6.45) is 6.44. The molecule has 1 heterocycles. The fourth-order valence-corrected chi connectivity index (χ4v) is 6.83. The molecule has 0 amide bonds. The molecular formula is C38H31NO. The molecule has 1 aromatic heterocycles. The molecule has 8 rings (SSSR count). The molecule has 0 bridgehead atoms. The van der Waals surface area contributed by atoms with Gasteiger partial charge in [-0.25, -0.2) is 0 Å². The molecule has 0 unspecified atom stereocenters. The smallest absolute Gasteiger partial charge is 0.158 e. The van der Waals surface area contributed by atoms with E-state index in [1.807, 2.05) is 0 Å². The van der Waals surface area contributed by atoms with Gasteiger partial charge in [-0.05, 0) is 75.7 Å². The summed E-state index contributed by atoms with van der Waals surface area (Å²) in [5, 5.41) is 11.3. The van der Waals surface area contributed by atoms with Crippen LogP contribution in [0.4, 0.5) is 11.4 Å². The van der Waals surface area contributed by atoms with Gasteiger partial charge in [-0.3, -0.25) is 0 Å². The minimum atomic E-state index is 0.562. The van der Waals surface area contributed by atoms with E-state index in [2.05, 4.69) is 121 Å². The van der Waals surface area contributed by atoms with E-state index in [4.69, 9.17) is 4.42 Å². The van der Waals surface area contributed by atoms with Crippen LogP contribution in [0.15, 0.2) is 120 Å². The van der Waals surface area contributed by atoms with E-state index < -0.39 is 0 Å². The van der Waals surface area contributed by atoms with Crippen LogP contribution in [0.1, 0.15) is 43.6 Å². The molecule has 1 fully saturated rings. The number of hydrogen-bond acceptors (Lipinski definition) is 2. The molecule has 0 radical (unpaired) electrons. The predicted molar refractivity (Wildman–Crippen MR) is 170 cm³/mol. The average molecular weight is 518 g/mol. The zero-order valence-corrected chi connectivity index (χ0v) is 22.5. The summed E-state index contributed by atoms with van der Waals surface area (Å²) in [6, 6.07) is 41.5. The third kappa shape index (κ3) is 3.86. The number of furan rings is 1. The summed E-state index contributed by atoms with van der Waals surface area (Å²) in [6.45, 7) is 0. The summed E-state index contributed by atoms with van der Waals surface area (Å²) in [5.41, 5.74) is 7.83. The molecule has 1 aliphatic carbocycles. The van der Waals surface area contributed by atoms with Gasteiger partial charge in [0.25, 0.3) is 0 Å². The Morgan fingerprint density at radius 1 is 0.550 bits per heavy atom. The molecular weight excluding hydrogens is 486 g/mol. The van der Waals surface area contributed by atoms with E-state index in [0.717, 1.165) is 22.5 Å². The Hall–Kier alpha value is -4.56. The molecule has 6 aromatic carbocycles. The number of benzene rings is 6. The molecule has 2 nitrogen and oxygen atoms in total. The standard InChI is InChI=1S/C38H31NO/c1-2-12-26(13-3-1)33-24-28-15-6-7-17-31(28)36-32-18-10-20-35(37(32)40-38(33)36)39-34-19-9-8-16-30(34)29-22-21-25-11-4-5-14-27(25)23-29/h4-11,14-24,26,39H,1-3,12-13H2. The van der Waals surface area contributed by atoms with E-state index in [-0.39, 0.29) is 0 Å². The van der Waals surface area contributed by atoms with Crippen LogP contribution in [0.25, 0.3) is 54.6 Å². The first-order valence-corrected chi connectivity index (χ1v) is 14.6. The van der Waals surface area contributed by atoms with Crippen LogP contribution < -0.4 is 5.32 Å². The Kier molecular flexibility index (Phi) is 5.58. The van der Waals surface area contributed by atoms with Crippen molar-refractivity contribution in [2.45, 2.75) is 38.0 Å². The van der Waals surface area contributed by atoms with Gasteiger partial charge in [0.2, 0.25) is 0 Å². The first kappa shape index (κ1) is 23.3. The van der Waals surface area contributed by atoms with Gasteiger partial charge in [0.15, 0.2) is 5.58 Å². The van der Waals surface area contributed by atoms with Gasteiger partial charge in [0.05, 0.1) is 5.69 Å². The zero-order chi connectivity index (χ0) is 26.5. The number of anilines is 2. The van der Waals surface area contributed by atoms with Gasteiger partial charge >= 0.3 is 0 Å². The number of hydrogen-bond donors (Lipinski definition) is 1. The molecule has 0 saturated heterocycles. The summed E-state index contributed by atoms with van der Waals surface area (Å²) >= 11 is 0. The van der Waals surface area contributed by atoms with E-state index >= 15 is 0 Å². The largest absolute Gasteiger partial charge is 0.454 e. The monoisotopic (exact) mass is 517 g/mol. The van der Waals surface area contributed by atoms with Crippen molar-refractivity contribution in [3.05, 3.63) is 121 Å². The molecule has 40 heavy (non-hydrogen) atoms. The normalized spacial score (nSPS) is 14.4. The molecule has 0 aliphatic heterocycles. The summed E-state index contributed by atoms with van der Waals surface area (Å²) < 4.78 is 6.89. The summed E-state index contributed by atoms with van der Waals surface area (Å²) in [4.78, 5) is 0.